The molecule has 7 nitrogen and oxygen atoms in total. The number of hydrogen-bond donors (Lipinski definition) is 3. The van der Waals surface area contributed by atoms with Crippen molar-refractivity contribution < 1.29 is 4.79 Å². The van der Waals surface area contributed by atoms with Gasteiger partial charge in [-0.3, -0.25) is 5.10 Å². The minimum absolute atomic E-state index is 0.000137. The first-order valence-corrected chi connectivity index (χ1v) is 10.0. The number of piperidine rings is 1. The molecule has 1 aliphatic heterocycles. The van der Waals surface area contributed by atoms with Gasteiger partial charge in [-0.2, -0.15) is 5.10 Å². The molecule has 1 aliphatic rings. The van der Waals surface area contributed by atoms with Crippen LogP contribution in [0.1, 0.15) is 30.0 Å². The zero-order valence-electron chi connectivity index (χ0n) is 16.3. The first kappa shape index (κ1) is 19.0. The molecular weight excluding hydrogens is 364 g/mol. The van der Waals surface area contributed by atoms with Gasteiger partial charge in [-0.15, -0.1) is 0 Å². The SMILES string of the molecule is Nc1cc(-c2cn[nH]c2C2CCCN(C(=O)NCCc3ccccc3)C2)ccn1. The fourth-order valence-corrected chi connectivity index (χ4v) is 3.92. The van der Waals surface area contributed by atoms with Crippen LogP contribution in [0, 0.1) is 0 Å². The lowest BCUT2D eigenvalue weighted by molar-refractivity contribution is 0.179. The third-order valence-electron chi connectivity index (χ3n) is 5.41. The third-order valence-corrected chi connectivity index (χ3v) is 5.41. The summed E-state index contributed by atoms with van der Waals surface area (Å²) in [5.41, 5.74) is 10.1. The Morgan fingerprint density at radius 2 is 2.14 bits per heavy atom. The van der Waals surface area contributed by atoms with Crippen molar-refractivity contribution >= 4 is 11.8 Å². The minimum Gasteiger partial charge on any atom is -0.384 e. The maximum Gasteiger partial charge on any atom is 0.317 e. The highest BCUT2D eigenvalue weighted by molar-refractivity contribution is 5.74. The Morgan fingerprint density at radius 3 is 2.97 bits per heavy atom. The number of urea groups is 1. The van der Waals surface area contributed by atoms with E-state index >= 15 is 0 Å². The number of nitrogens with one attached hydrogen (secondary N) is 2. The molecule has 1 saturated heterocycles. The van der Waals surface area contributed by atoms with Gasteiger partial charge >= 0.3 is 6.03 Å². The average Bonchev–Trinajstić information content (AvgIpc) is 3.25. The van der Waals surface area contributed by atoms with Crippen LogP contribution >= 0.6 is 0 Å². The lowest BCUT2D eigenvalue weighted by atomic mass is 9.91. The van der Waals surface area contributed by atoms with E-state index in [9.17, 15) is 4.79 Å². The number of pyridine rings is 1. The number of hydrogen-bond acceptors (Lipinski definition) is 4. The first-order chi connectivity index (χ1) is 14.2. The number of rotatable bonds is 5. The molecule has 1 fully saturated rings. The molecule has 2 aromatic heterocycles. The largest absolute Gasteiger partial charge is 0.384 e. The Morgan fingerprint density at radius 1 is 1.28 bits per heavy atom. The predicted octanol–water partition coefficient (Wildman–Crippen LogP) is 3.19. The fraction of sp³-hybridized carbons (Fsp3) is 0.318. The number of carbonyl (C=O) groups excluding carboxylic acids is 1. The van der Waals surface area contributed by atoms with Gasteiger partial charge < -0.3 is 16.0 Å². The van der Waals surface area contributed by atoms with Gasteiger partial charge in [0.2, 0.25) is 0 Å². The molecule has 3 heterocycles. The van der Waals surface area contributed by atoms with Gasteiger partial charge in [-0.25, -0.2) is 9.78 Å². The highest BCUT2D eigenvalue weighted by Crippen LogP contribution is 2.33. The number of H-pyrrole nitrogens is 1. The number of nitrogens with zero attached hydrogens (tertiary/aromatic N) is 3. The van der Waals surface area contributed by atoms with Crippen molar-refractivity contribution in [2.24, 2.45) is 0 Å². The summed E-state index contributed by atoms with van der Waals surface area (Å²) in [4.78, 5) is 18.6. The van der Waals surface area contributed by atoms with E-state index in [2.05, 4.69) is 32.6 Å². The number of nitrogen functional groups attached to an aromatic ring is 1. The predicted molar refractivity (Wildman–Crippen MR) is 113 cm³/mol. The van der Waals surface area contributed by atoms with Gasteiger partial charge in [0.15, 0.2) is 0 Å². The van der Waals surface area contributed by atoms with Crippen molar-refractivity contribution in [3.05, 3.63) is 66.1 Å². The number of benzene rings is 1. The quantitative estimate of drug-likeness (QED) is 0.623. The highest BCUT2D eigenvalue weighted by atomic mass is 16.2. The van der Waals surface area contributed by atoms with E-state index < -0.39 is 0 Å². The molecule has 4 N–H and O–H groups in total. The van der Waals surface area contributed by atoms with E-state index in [1.807, 2.05) is 41.4 Å². The molecule has 3 aromatic rings. The molecule has 0 spiro atoms. The monoisotopic (exact) mass is 390 g/mol. The van der Waals surface area contributed by atoms with Crippen molar-refractivity contribution in [2.45, 2.75) is 25.2 Å². The fourth-order valence-electron chi connectivity index (χ4n) is 3.92. The molecule has 150 valence electrons. The number of aromatic nitrogens is 3. The Kier molecular flexibility index (Phi) is 5.74. The summed E-state index contributed by atoms with van der Waals surface area (Å²) in [6, 6.07) is 14.0. The summed E-state index contributed by atoms with van der Waals surface area (Å²) in [6.45, 7) is 2.09. The molecule has 1 aromatic carbocycles. The van der Waals surface area contributed by atoms with Crippen molar-refractivity contribution in [3.8, 4) is 11.1 Å². The smallest absolute Gasteiger partial charge is 0.317 e. The lowest BCUT2D eigenvalue weighted by Crippen LogP contribution is -2.45. The van der Waals surface area contributed by atoms with E-state index in [-0.39, 0.29) is 11.9 Å². The summed E-state index contributed by atoms with van der Waals surface area (Å²) < 4.78 is 0. The maximum absolute atomic E-state index is 12.7. The number of amides is 2. The van der Waals surface area contributed by atoms with Crippen LogP contribution in [0.2, 0.25) is 0 Å². The normalized spacial score (nSPS) is 16.6. The van der Waals surface area contributed by atoms with E-state index in [0.717, 1.165) is 42.6 Å². The van der Waals surface area contributed by atoms with Crippen LogP contribution in [-0.2, 0) is 6.42 Å². The number of nitrogens with two attached hydrogens (primary N) is 1. The minimum atomic E-state index is -0.000137. The summed E-state index contributed by atoms with van der Waals surface area (Å²) >= 11 is 0. The van der Waals surface area contributed by atoms with Gasteiger partial charge in [-0.05, 0) is 42.5 Å². The van der Waals surface area contributed by atoms with Gasteiger partial charge in [0, 0.05) is 43.0 Å². The molecule has 0 aliphatic carbocycles. The van der Waals surface area contributed by atoms with Crippen molar-refractivity contribution in [1.82, 2.24) is 25.4 Å². The molecule has 1 unspecified atom stereocenters. The first-order valence-electron chi connectivity index (χ1n) is 10.0. The number of carbonyl (C=O) groups is 1. The van der Waals surface area contributed by atoms with Gasteiger partial charge in [0.05, 0.1) is 6.20 Å². The Hall–Kier alpha value is -3.35. The third kappa shape index (κ3) is 4.56. The van der Waals surface area contributed by atoms with Crippen LogP contribution in [0.25, 0.3) is 11.1 Å². The summed E-state index contributed by atoms with van der Waals surface area (Å²) in [6.07, 6.45) is 6.34. The molecule has 4 rings (SSSR count). The van der Waals surface area contributed by atoms with Gasteiger partial charge in [0.25, 0.3) is 0 Å². The van der Waals surface area contributed by atoms with Crippen LogP contribution in [0.4, 0.5) is 10.6 Å². The number of aromatic amines is 1. The zero-order valence-corrected chi connectivity index (χ0v) is 16.3. The highest BCUT2D eigenvalue weighted by Gasteiger charge is 2.27. The van der Waals surface area contributed by atoms with Crippen molar-refractivity contribution in [3.63, 3.8) is 0 Å². The number of anilines is 1. The molecular formula is C22H26N6O. The second kappa shape index (κ2) is 8.77. The molecule has 7 heteroatoms. The van der Waals surface area contributed by atoms with E-state index in [4.69, 9.17) is 5.73 Å². The maximum atomic E-state index is 12.7. The molecule has 2 amide bonds. The van der Waals surface area contributed by atoms with Gasteiger partial charge in [0.1, 0.15) is 5.82 Å². The Bertz CT molecular complexity index is 955. The Labute approximate surface area is 170 Å². The Balaban J connectivity index is 1.39. The summed E-state index contributed by atoms with van der Waals surface area (Å²) in [5, 5.41) is 10.5. The summed E-state index contributed by atoms with van der Waals surface area (Å²) in [7, 11) is 0. The van der Waals surface area contributed by atoms with E-state index in [1.54, 1.807) is 6.20 Å². The van der Waals surface area contributed by atoms with E-state index in [1.165, 1.54) is 5.56 Å². The molecule has 0 bridgehead atoms. The summed E-state index contributed by atoms with van der Waals surface area (Å²) in [5.74, 6) is 0.702. The van der Waals surface area contributed by atoms with Crippen LogP contribution in [0.5, 0.6) is 0 Å². The van der Waals surface area contributed by atoms with E-state index in [0.29, 0.717) is 18.9 Å². The van der Waals surface area contributed by atoms with Gasteiger partial charge in [-0.1, -0.05) is 30.3 Å². The van der Waals surface area contributed by atoms with Crippen LogP contribution in [0.3, 0.4) is 0 Å². The van der Waals surface area contributed by atoms with Crippen LogP contribution < -0.4 is 11.1 Å². The molecule has 0 saturated carbocycles. The second-order valence-corrected chi connectivity index (χ2v) is 7.42. The van der Waals surface area contributed by atoms with Crippen LogP contribution in [-0.4, -0.2) is 45.7 Å². The molecule has 0 radical (unpaired) electrons. The van der Waals surface area contributed by atoms with Crippen molar-refractivity contribution in [1.29, 1.82) is 0 Å². The zero-order chi connectivity index (χ0) is 20.1. The topological polar surface area (TPSA) is 99.9 Å². The lowest BCUT2D eigenvalue weighted by Gasteiger charge is -2.32. The second-order valence-electron chi connectivity index (χ2n) is 7.42. The standard InChI is InChI=1S/C22H26N6O/c23-20-13-17(9-11-24-20)19-14-26-27-21(19)18-7-4-12-28(15-18)22(29)25-10-8-16-5-2-1-3-6-16/h1-3,5-6,9,11,13-14,18H,4,7-8,10,12,15H2,(H2,23,24)(H,25,29)(H,26,27). The molecule has 29 heavy (non-hydrogen) atoms. The number of likely N-dealkylation sites (tertiary alicyclic amines) is 1. The van der Waals surface area contributed by atoms with Crippen molar-refractivity contribution in [2.75, 3.05) is 25.4 Å². The average molecular weight is 390 g/mol. The van der Waals surface area contributed by atoms with Crippen LogP contribution in [0.15, 0.2) is 54.9 Å². The molecule has 1 atom stereocenters.